The monoisotopic (exact) mass is 495 g/mol. The van der Waals surface area contributed by atoms with E-state index in [-0.39, 0.29) is 5.91 Å². The highest BCUT2D eigenvalue weighted by molar-refractivity contribution is 6.09. The molecule has 2 N–H and O–H groups in total. The smallest absolute Gasteiger partial charge is 0.322 e. The summed E-state index contributed by atoms with van der Waals surface area (Å²) in [6.45, 7) is 4.78. The van der Waals surface area contributed by atoms with Crippen molar-refractivity contribution in [3.8, 4) is 0 Å². The molecule has 37 heavy (non-hydrogen) atoms. The Kier molecular flexibility index (Phi) is 5.67. The van der Waals surface area contributed by atoms with Gasteiger partial charge in [0, 0.05) is 37.9 Å². The summed E-state index contributed by atoms with van der Waals surface area (Å²) < 4.78 is 0. The molecule has 1 aromatic heterocycles. The Balaban J connectivity index is 1.16. The van der Waals surface area contributed by atoms with Gasteiger partial charge in [0.1, 0.15) is 5.82 Å². The number of aryl methyl sites for hydroxylation is 1. The fourth-order valence-corrected chi connectivity index (χ4v) is 5.44. The molecule has 1 aliphatic carbocycles. The summed E-state index contributed by atoms with van der Waals surface area (Å²) in [7, 11) is 0. The van der Waals surface area contributed by atoms with Crippen molar-refractivity contribution in [1.29, 1.82) is 0 Å². The number of hydrogen-bond acceptors (Lipinski definition) is 5. The summed E-state index contributed by atoms with van der Waals surface area (Å²) in [5, 5.41) is 5.15. The van der Waals surface area contributed by atoms with Crippen LogP contribution in [-0.4, -0.2) is 53.9 Å². The molecule has 2 aromatic carbocycles. The van der Waals surface area contributed by atoms with Gasteiger partial charge in [0.25, 0.3) is 11.8 Å². The summed E-state index contributed by atoms with van der Waals surface area (Å²) in [6.07, 6.45) is 4.53. The Hall–Kier alpha value is -4.20. The number of carbonyl (C=O) groups excluding carboxylic acids is 3. The van der Waals surface area contributed by atoms with Gasteiger partial charge in [-0.3, -0.25) is 14.9 Å². The Morgan fingerprint density at radius 2 is 1.62 bits per heavy atom. The predicted octanol–water partition coefficient (Wildman–Crippen LogP) is 3.31. The van der Waals surface area contributed by atoms with Gasteiger partial charge in [0.05, 0.1) is 0 Å². The van der Waals surface area contributed by atoms with Crippen LogP contribution in [-0.2, 0) is 10.3 Å². The Morgan fingerprint density at radius 1 is 0.946 bits per heavy atom. The normalized spacial score (nSPS) is 21.5. The van der Waals surface area contributed by atoms with Crippen molar-refractivity contribution in [2.24, 2.45) is 0 Å². The number of rotatable bonds is 5. The topological polar surface area (TPSA) is 94.6 Å². The first kappa shape index (κ1) is 23.2. The maximum Gasteiger partial charge on any atom is 0.322 e. The van der Waals surface area contributed by atoms with E-state index in [0.29, 0.717) is 35.7 Å². The Morgan fingerprint density at radius 3 is 2.22 bits per heavy atom. The van der Waals surface area contributed by atoms with Crippen molar-refractivity contribution in [1.82, 2.24) is 20.5 Å². The number of urea groups is 1. The van der Waals surface area contributed by atoms with Crippen molar-refractivity contribution in [3.05, 3.63) is 94.7 Å². The van der Waals surface area contributed by atoms with E-state index in [9.17, 15) is 14.4 Å². The van der Waals surface area contributed by atoms with Crippen LogP contribution in [0.25, 0.3) is 0 Å². The minimum Gasteiger partial charge on any atom is -0.353 e. The van der Waals surface area contributed by atoms with Gasteiger partial charge in [-0.25, -0.2) is 9.78 Å². The van der Waals surface area contributed by atoms with E-state index in [2.05, 4.69) is 28.5 Å². The first-order chi connectivity index (χ1) is 18.0. The number of nitrogens with one attached hydrogen (secondary N) is 2. The highest BCUT2D eigenvalue weighted by Gasteiger charge is 2.49. The third-order valence-corrected chi connectivity index (χ3v) is 7.63. The Bertz CT molecular complexity index is 1360. The number of pyridine rings is 1. The standard InChI is InChI=1S/C29H29N5O3/c1-19-17-22(20-7-8-20)18-30-25(19)33-13-15-34(16-14-33)26(35)21-9-11-24(12-10-21)29(23-5-3-2-4-6-23)27(36)31-28(37)32-29/h2-6,9-12,17-18,20H,7-8,13-16H2,1H3,(H2,31,32,36,37). The van der Waals surface area contributed by atoms with Gasteiger partial charge in [0.15, 0.2) is 5.54 Å². The molecule has 0 bridgehead atoms. The average Bonchev–Trinajstić information content (AvgIpc) is 3.73. The maximum absolute atomic E-state index is 13.3. The molecule has 0 spiro atoms. The van der Waals surface area contributed by atoms with Crippen LogP contribution in [0.4, 0.5) is 10.6 Å². The highest BCUT2D eigenvalue weighted by atomic mass is 16.2. The molecule has 2 saturated heterocycles. The van der Waals surface area contributed by atoms with Gasteiger partial charge in [-0.05, 0) is 60.1 Å². The van der Waals surface area contributed by atoms with Crippen LogP contribution in [0.2, 0.25) is 0 Å². The molecule has 6 rings (SSSR count). The van der Waals surface area contributed by atoms with Gasteiger partial charge in [-0.15, -0.1) is 0 Å². The molecule has 0 radical (unpaired) electrons. The van der Waals surface area contributed by atoms with Crippen molar-refractivity contribution >= 4 is 23.7 Å². The van der Waals surface area contributed by atoms with Gasteiger partial charge in [-0.1, -0.05) is 48.5 Å². The lowest BCUT2D eigenvalue weighted by Gasteiger charge is -2.36. The molecule has 1 atom stereocenters. The van der Waals surface area contributed by atoms with Gasteiger partial charge < -0.3 is 15.1 Å². The average molecular weight is 496 g/mol. The number of aromatic nitrogens is 1. The van der Waals surface area contributed by atoms with Crippen molar-refractivity contribution in [3.63, 3.8) is 0 Å². The van der Waals surface area contributed by atoms with Crippen LogP contribution >= 0.6 is 0 Å². The SMILES string of the molecule is Cc1cc(C2CC2)cnc1N1CCN(C(=O)c2ccc(C3(c4ccccc4)NC(=O)NC3=O)cc2)CC1. The third-order valence-electron chi connectivity index (χ3n) is 7.63. The zero-order chi connectivity index (χ0) is 25.6. The van der Waals surface area contributed by atoms with Crippen molar-refractivity contribution in [2.75, 3.05) is 31.1 Å². The van der Waals surface area contributed by atoms with Crippen LogP contribution in [0.1, 0.15) is 51.4 Å². The molecule has 3 aliphatic rings. The lowest BCUT2D eigenvalue weighted by molar-refractivity contribution is -0.122. The molecule has 188 valence electrons. The molecule has 2 aliphatic heterocycles. The summed E-state index contributed by atoms with van der Waals surface area (Å²) in [5.41, 5.74) is 3.00. The van der Waals surface area contributed by atoms with E-state index in [1.54, 1.807) is 36.4 Å². The molecule has 1 saturated carbocycles. The van der Waals surface area contributed by atoms with Crippen LogP contribution in [0.3, 0.4) is 0 Å². The summed E-state index contributed by atoms with van der Waals surface area (Å²) >= 11 is 0. The zero-order valence-electron chi connectivity index (χ0n) is 20.7. The van der Waals surface area contributed by atoms with E-state index in [1.165, 1.54) is 24.0 Å². The molecule has 3 heterocycles. The molecular formula is C29H29N5O3. The van der Waals surface area contributed by atoms with Crippen LogP contribution in [0, 0.1) is 6.92 Å². The van der Waals surface area contributed by atoms with E-state index >= 15 is 0 Å². The number of piperazine rings is 1. The molecule has 3 fully saturated rings. The molecule has 8 nitrogen and oxygen atoms in total. The number of anilines is 1. The quantitative estimate of drug-likeness (QED) is 0.530. The summed E-state index contributed by atoms with van der Waals surface area (Å²) in [4.78, 5) is 47.1. The third kappa shape index (κ3) is 4.12. The van der Waals surface area contributed by atoms with Crippen LogP contribution in [0.5, 0.6) is 0 Å². The van der Waals surface area contributed by atoms with E-state index in [4.69, 9.17) is 4.98 Å². The van der Waals surface area contributed by atoms with Crippen molar-refractivity contribution < 1.29 is 14.4 Å². The fraction of sp³-hybridized carbons (Fsp3) is 0.310. The largest absolute Gasteiger partial charge is 0.353 e. The molecule has 3 aromatic rings. The van der Waals surface area contributed by atoms with Gasteiger partial charge >= 0.3 is 6.03 Å². The first-order valence-electron chi connectivity index (χ1n) is 12.8. The fourth-order valence-electron chi connectivity index (χ4n) is 5.44. The van der Waals surface area contributed by atoms with Gasteiger partial charge in [0.2, 0.25) is 0 Å². The first-order valence-corrected chi connectivity index (χ1v) is 12.8. The van der Waals surface area contributed by atoms with Crippen LogP contribution < -0.4 is 15.5 Å². The summed E-state index contributed by atoms with van der Waals surface area (Å²) in [6, 6.07) is 17.8. The second-order valence-corrected chi connectivity index (χ2v) is 10.1. The second kappa shape index (κ2) is 9.03. The molecule has 1 unspecified atom stereocenters. The number of carbonyl (C=O) groups is 3. The van der Waals surface area contributed by atoms with E-state index in [1.807, 2.05) is 29.3 Å². The lowest BCUT2D eigenvalue weighted by atomic mass is 9.82. The zero-order valence-corrected chi connectivity index (χ0v) is 20.7. The van der Waals surface area contributed by atoms with Crippen molar-refractivity contribution in [2.45, 2.75) is 31.2 Å². The van der Waals surface area contributed by atoms with E-state index in [0.717, 1.165) is 18.9 Å². The number of benzene rings is 2. The minimum atomic E-state index is -1.33. The number of hydrogen-bond donors (Lipinski definition) is 2. The minimum absolute atomic E-state index is 0.0476. The second-order valence-electron chi connectivity index (χ2n) is 10.1. The lowest BCUT2D eigenvalue weighted by Crippen LogP contribution is -2.49. The van der Waals surface area contributed by atoms with Gasteiger partial charge in [-0.2, -0.15) is 0 Å². The summed E-state index contributed by atoms with van der Waals surface area (Å²) in [5.74, 6) is 1.20. The number of nitrogens with zero attached hydrogens (tertiary/aromatic N) is 3. The van der Waals surface area contributed by atoms with E-state index < -0.39 is 17.5 Å². The van der Waals surface area contributed by atoms with Crippen LogP contribution in [0.15, 0.2) is 66.9 Å². The molecule has 8 heteroatoms. The predicted molar refractivity (Wildman–Crippen MR) is 139 cm³/mol. The number of imide groups is 1. The molecular weight excluding hydrogens is 466 g/mol. The number of amides is 4. The maximum atomic E-state index is 13.3. The Labute approximate surface area is 215 Å². The highest BCUT2D eigenvalue weighted by Crippen LogP contribution is 2.40. The molecule has 4 amide bonds.